The average molecular weight is 213 g/mol. The largest absolute Gasteiger partial charge is 0.257 e. The van der Waals surface area contributed by atoms with Crippen LogP contribution in [0.2, 0.25) is 0 Å². The molecule has 0 aliphatic carbocycles. The molecule has 0 radical (unpaired) electrons. The summed E-state index contributed by atoms with van der Waals surface area (Å²) in [4.78, 5) is 4.19. The summed E-state index contributed by atoms with van der Waals surface area (Å²) in [5.41, 5.74) is 2.22. The first-order chi connectivity index (χ1) is 7.45. The fourth-order valence-electron chi connectivity index (χ4n) is 1.17. The van der Waals surface area contributed by atoms with Gasteiger partial charge in [0.1, 0.15) is 0 Å². The lowest BCUT2D eigenvalue weighted by atomic mass is 10.3. The summed E-state index contributed by atoms with van der Waals surface area (Å²) in [6.45, 7) is 0. The molecule has 0 spiro atoms. The number of aromatic nitrogens is 1. The molecule has 0 unspecified atom stereocenters. The molecule has 0 N–H and O–H groups in total. The maximum Gasteiger partial charge on any atom is 0.0629 e. The van der Waals surface area contributed by atoms with Gasteiger partial charge in [0.2, 0.25) is 0 Å². The van der Waals surface area contributed by atoms with E-state index < -0.39 is 0 Å². The van der Waals surface area contributed by atoms with Gasteiger partial charge in [0.05, 0.1) is 5.69 Å². The minimum Gasteiger partial charge on any atom is -0.257 e. The third-order valence-electron chi connectivity index (χ3n) is 1.90. The van der Waals surface area contributed by atoms with Crippen LogP contribution in [0.15, 0.2) is 53.4 Å². The van der Waals surface area contributed by atoms with Gasteiger partial charge in [-0.1, -0.05) is 24.3 Å². The molecule has 0 aromatic carbocycles. The second-order valence-electron chi connectivity index (χ2n) is 3.03. The maximum atomic E-state index is 4.19. The van der Waals surface area contributed by atoms with Crippen LogP contribution in [0.25, 0.3) is 12.2 Å². The fraction of sp³-hybridized carbons (Fsp3) is 0. The zero-order valence-corrected chi connectivity index (χ0v) is 9.02. The van der Waals surface area contributed by atoms with Crippen LogP contribution >= 0.6 is 11.3 Å². The van der Waals surface area contributed by atoms with Crippen molar-refractivity contribution < 1.29 is 0 Å². The predicted octanol–water partition coefficient (Wildman–Crippen LogP) is 3.87. The minimum absolute atomic E-state index is 0.979. The number of hydrogen-bond acceptors (Lipinski definition) is 2. The highest BCUT2D eigenvalue weighted by Gasteiger charge is 1.83. The van der Waals surface area contributed by atoms with E-state index in [-0.39, 0.29) is 0 Å². The highest BCUT2D eigenvalue weighted by atomic mass is 32.1. The molecular weight excluding hydrogens is 202 g/mol. The standard InChI is InChI=1S/C13H11NS/c1(5-12-8-10-15-11-12)2-6-13-7-3-4-9-14-13/h1-11H/b5-1+,6-2+. The van der Waals surface area contributed by atoms with Crippen molar-refractivity contribution in [1.29, 1.82) is 0 Å². The van der Waals surface area contributed by atoms with Crippen LogP contribution in [0.3, 0.4) is 0 Å². The molecule has 74 valence electrons. The van der Waals surface area contributed by atoms with Gasteiger partial charge >= 0.3 is 0 Å². The third-order valence-corrected chi connectivity index (χ3v) is 2.60. The van der Waals surface area contributed by atoms with Crippen LogP contribution in [0, 0.1) is 0 Å². The van der Waals surface area contributed by atoms with Gasteiger partial charge in [-0.25, -0.2) is 0 Å². The molecule has 1 nitrogen and oxygen atoms in total. The molecular formula is C13H11NS. The Morgan fingerprint density at radius 1 is 1.07 bits per heavy atom. The second-order valence-corrected chi connectivity index (χ2v) is 3.81. The van der Waals surface area contributed by atoms with Gasteiger partial charge < -0.3 is 0 Å². The number of thiophene rings is 1. The Bertz CT molecular complexity index is 441. The van der Waals surface area contributed by atoms with E-state index >= 15 is 0 Å². The molecule has 0 fully saturated rings. The van der Waals surface area contributed by atoms with Crippen LogP contribution in [0.4, 0.5) is 0 Å². The van der Waals surface area contributed by atoms with Crippen molar-refractivity contribution in [2.75, 3.05) is 0 Å². The van der Waals surface area contributed by atoms with Crippen LogP contribution in [0.5, 0.6) is 0 Å². The molecule has 2 heteroatoms. The second kappa shape index (κ2) is 5.27. The van der Waals surface area contributed by atoms with Crippen LogP contribution in [0.1, 0.15) is 11.3 Å². The molecule has 15 heavy (non-hydrogen) atoms. The van der Waals surface area contributed by atoms with Gasteiger partial charge in [-0.2, -0.15) is 11.3 Å². The van der Waals surface area contributed by atoms with Crippen molar-refractivity contribution in [2.24, 2.45) is 0 Å². The first kappa shape index (κ1) is 9.87. The van der Waals surface area contributed by atoms with Crippen molar-refractivity contribution >= 4 is 23.5 Å². The molecule has 2 aromatic rings. The average Bonchev–Trinajstić information content (AvgIpc) is 2.79. The van der Waals surface area contributed by atoms with E-state index in [0.717, 1.165) is 5.69 Å². The molecule has 2 rings (SSSR count). The molecule has 0 aliphatic rings. The molecule has 2 aromatic heterocycles. The lowest BCUT2D eigenvalue weighted by Gasteiger charge is -1.87. The van der Waals surface area contributed by atoms with Gasteiger partial charge in [0, 0.05) is 6.20 Å². The molecule has 0 atom stereocenters. The van der Waals surface area contributed by atoms with E-state index in [1.165, 1.54) is 5.56 Å². The van der Waals surface area contributed by atoms with Gasteiger partial charge in [0.25, 0.3) is 0 Å². The Labute approximate surface area is 93.4 Å². The summed E-state index contributed by atoms with van der Waals surface area (Å²) in [6, 6.07) is 7.97. The zero-order valence-electron chi connectivity index (χ0n) is 8.21. The normalized spacial score (nSPS) is 11.5. The van der Waals surface area contributed by atoms with E-state index in [1.807, 2.05) is 36.4 Å². The zero-order chi connectivity index (χ0) is 10.3. The monoisotopic (exact) mass is 213 g/mol. The lowest BCUT2D eigenvalue weighted by molar-refractivity contribution is 1.30. The minimum atomic E-state index is 0.979. The van der Waals surface area contributed by atoms with Gasteiger partial charge in [0.15, 0.2) is 0 Å². The van der Waals surface area contributed by atoms with Crippen molar-refractivity contribution in [2.45, 2.75) is 0 Å². The van der Waals surface area contributed by atoms with Crippen molar-refractivity contribution in [3.05, 3.63) is 64.6 Å². The number of nitrogens with zero attached hydrogens (tertiary/aromatic N) is 1. The molecule has 2 heterocycles. The molecule has 0 bridgehead atoms. The summed E-state index contributed by atoms with van der Waals surface area (Å²) < 4.78 is 0. The van der Waals surface area contributed by atoms with E-state index in [4.69, 9.17) is 0 Å². The maximum absolute atomic E-state index is 4.19. The Morgan fingerprint density at radius 3 is 2.73 bits per heavy atom. The smallest absolute Gasteiger partial charge is 0.0629 e. The summed E-state index contributed by atoms with van der Waals surface area (Å²) >= 11 is 1.71. The summed E-state index contributed by atoms with van der Waals surface area (Å²) in [6.07, 6.45) is 9.89. The number of allylic oxidation sites excluding steroid dienone is 2. The van der Waals surface area contributed by atoms with Gasteiger partial charge in [-0.15, -0.1) is 0 Å². The van der Waals surface area contributed by atoms with E-state index in [0.29, 0.717) is 0 Å². The van der Waals surface area contributed by atoms with Gasteiger partial charge in [-0.05, 0) is 40.6 Å². The number of pyridine rings is 1. The summed E-state index contributed by atoms with van der Waals surface area (Å²) in [5.74, 6) is 0. The topological polar surface area (TPSA) is 12.9 Å². The van der Waals surface area contributed by atoms with Crippen molar-refractivity contribution in [1.82, 2.24) is 4.98 Å². The molecule has 0 amide bonds. The quantitative estimate of drug-likeness (QED) is 0.705. The first-order valence-electron chi connectivity index (χ1n) is 4.73. The number of rotatable bonds is 3. The van der Waals surface area contributed by atoms with Crippen molar-refractivity contribution in [3.63, 3.8) is 0 Å². The van der Waals surface area contributed by atoms with Crippen LogP contribution < -0.4 is 0 Å². The van der Waals surface area contributed by atoms with Crippen molar-refractivity contribution in [3.8, 4) is 0 Å². The SMILES string of the molecule is C(/C=C/c1ccccn1)=C\c1ccsc1. The fourth-order valence-corrected chi connectivity index (χ4v) is 1.79. The highest BCUT2D eigenvalue weighted by Crippen LogP contribution is 2.07. The highest BCUT2D eigenvalue weighted by molar-refractivity contribution is 7.08. The Morgan fingerprint density at radius 2 is 2.00 bits per heavy atom. The van der Waals surface area contributed by atoms with E-state index in [9.17, 15) is 0 Å². The summed E-state index contributed by atoms with van der Waals surface area (Å²) in [5, 5.41) is 4.19. The Hall–Kier alpha value is -1.67. The molecule has 0 saturated heterocycles. The predicted molar refractivity (Wildman–Crippen MR) is 66.6 cm³/mol. The van der Waals surface area contributed by atoms with E-state index in [1.54, 1.807) is 17.5 Å². The molecule has 0 saturated carbocycles. The third kappa shape index (κ3) is 3.18. The van der Waals surface area contributed by atoms with Gasteiger partial charge in [-0.3, -0.25) is 4.98 Å². The lowest BCUT2D eigenvalue weighted by Crippen LogP contribution is -1.74. The van der Waals surface area contributed by atoms with E-state index in [2.05, 4.69) is 27.9 Å². The summed E-state index contributed by atoms with van der Waals surface area (Å²) in [7, 11) is 0. The Kier molecular flexibility index (Phi) is 3.47. The first-order valence-corrected chi connectivity index (χ1v) is 5.67. The van der Waals surface area contributed by atoms with Crippen LogP contribution in [-0.4, -0.2) is 4.98 Å². The van der Waals surface area contributed by atoms with Crippen LogP contribution in [-0.2, 0) is 0 Å². The molecule has 0 aliphatic heterocycles. The Balaban J connectivity index is 1.96. The number of hydrogen-bond donors (Lipinski definition) is 0.